The van der Waals surface area contributed by atoms with Crippen molar-refractivity contribution < 1.29 is 9.53 Å². The molecule has 0 radical (unpaired) electrons. The van der Waals surface area contributed by atoms with Crippen molar-refractivity contribution in [3.05, 3.63) is 60.2 Å². The van der Waals surface area contributed by atoms with Crippen LogP contribution in [-0.2, 0) is 0 Å². The molecule has 0 aliphatic heterocycles. The van der Waals surface area contributed by atoms with Crippen molar-refractivity contribution in [1.82, 2.24) is 5.32 Å². The SMILES string of the molecule is CCOc1ccccc1C(=O)NC(=S)N(CC)c1ccccc1. The summed E-state index contributed by atoms with van der Waals surface area (Å²) in [5.41, 5.74) is 1.42. The number of para-hydroxylation sites is 2. The molecule has 4 nitrogen and oxygen atoms in total. The van der Waals surface area contributed by atoms with Crippen molar-refractivity contribution in [2.45, 2.75) is 13.8 Å². The Morgan fingerprint density at radius 2 is 1.74 bits per heavy atom. The molecule has 23 heavy (non-hydrogen) atoms. The van der Waals surface area contributed by atoms with Crippen molar-refractivity contribution in [3.8, 4) is 5.75 Å². The highest BCUT2D eigenvalue weighted by atomic mass is 32.1. The molecule has 2 aromatic carbocycles. The highest BCUT2D eigenvalue weighted by molar-refractivity contribution is 7.80. The van der Waals surface area contributed by atoms with Crippen molar-refractivity contribution in [2.24, 2.45) is 0 Å². The lowest BCUT2D eigenvalue weighted by Crippen LogP contribution is -2.42. The Morgan fingerprint density at radius 1 is 1.09 bits per heavy atom. The second-order valence-electron chi connectivity index (χ2n) is 4.77. The Balaban J connectivity index is 2.15. The predicted octanol–water partition coefficient (Wildman–Crippen LogP) is 3.63. The summed E-state index contributed by atoms with van der Waals surface area (Å²) in [4.78, 5) is 14.4. The Hall–Kier alpha value is -2.40. The lowest BCUT2D eigenvalue weighted by atomic mass is 10.2. The summed E-state index contributed by atoms with van der Waals surface area (Å²) in [7, 11) is 0. The van der Waals surface area contributed by atoms with Crippen LogP contribution in [0.3, 0.4) is 0 Å². The largest absolute Gasteiger partial charge is 0.493 e. The number of nitrogens with one attached hydrogen (secondary N) is 1. The van der Waals surface area contributed by atoms with Crippen LogP contribution in [0, 0.1) is 0 Å². The highest BCUT2D eigenvalue weighted by Crippen LogP contribution is 2.18. The number of carbonyl (C=O) groups is 1. The normalized spacial score (nSPS) is 10.0. The number of benzene rings is 2. The van der Waals surface area contributed by atoms with Gasteiger partial charge in [0, 0.05) is 12.2 Å². The van der Waals surface area contributed by atoms with E-state index in [0.29, 0.717) is 29.6 Å². The van der Waals surface area contributed by atoms with Crippen LogP contribution in [-0.4, -0.2) is 24.2 Å². The average molecular weight is 328 g/mol. The molecular weight excluding hydrogens is 308 g/mol. The number of rotatable bonds is 5. The highest BCUT2D eigenvalue weighted by Gasteiger charge is 2.16. The van der Waals surface area contributed by atoms with Gasteiger partial charge in [0.15, 0.2) is 5.11 Å². The molecule has 0 heterocycles. The lowest BCUT2D eigenvalue weighted by Gasteiger charge is -2.24. The van der Waals surface area contributed by atoms with Gasteiger partial charge in [-0.25, -0.2) is 0 Å². The average Bonchev–Trinajstić information content (AvgIpc) is 2.57. The van der Waals surface area contributed by atoms with E-state index in [4.69, 9.17) is 17.0 Å². The second-order valence-corrected chi connectivity index (χ2v) is 5.15. The van der Waals surface area contributed by atoms with Gasteiger partial charge in [-0.3, -0.25) is 10.1 Å². The third-order valence-electron chi connectivity index (χ3n) is 3.28. The molecule has 0 atom stereocenters. The number of thiocarbonyl (C=S) groups is 1. The number of amides is 1. The smallest absolute Gasteiger partial charge is 0.261 e. The zero-order valence-electron chi connectivity index (χ0n) is 13.3. The fourth-order valence-electron chi connectivity index (χ4n) is 2.22. The van der Waals surface area contributed by atoms with Gasteiger partial charge in [-0.2, -0.15) is 0 Å². The summed E-state index contributed by atoms with van der Waals surface area (Å²) in [6, 6.07) is 16.9. The van der Waals surface area contributed by atoms with Gasteiger partial charge in [-0.1, -0.05) is 30.3 Å². The van der Waals surface area contributed by atoms with E-state index in [1.807, 2.05) is 55.1 Å². The van der Waals surface area contributed by atoms with E-state index in [-0.39, 0.29) is 5.91 Å². The monoisotopic (exact) mass is 328 g/mol. The van der Waals surface area contributed by atoms with Crippen LogP contribution in [0.5, 0.6) is 5.75 Å². The van der Waals surface area contributed by atoms with Gasteiger partial charge in [-0.05, 0) is 50.3 Å². The van der Waals surface area contributed by atoms with Crippen LogP contribution in [0.25, 0.3) is 0 Å². The lowest BCUT2D eigenvalue weighted by molar-refractivity contribution is 0.0973. The minimum Gasteiger partial charge on any atom is -0.493 e. The first-order valence-electron chi connectivity index (χ1n) is 7.57. The third kappa shape index (κ3) is 4.29. The van der Waals surface area contributed by atoms with Crippen LogP contribution >= 0.6 is 12.2 Å². The maximum Gasteiger partial charge on any atom is 0.261 e. The van der Waals surface area contributed by atoms with E-state index in [9.17, 15) is 4.79 Å². The molecular formula is C18H20N2O2S. The molecule has 0 bridgehead atoms. The van der Waals surface area contributed by atoms with Gasteiger partial charge in [-0.15, -0.1) is 0 Å². The molecule has 1 amide bonds. The van der Waals surface area contributed by atoms with Crippen LogP contribution in [0.4, 0.5) is 5.69 Å². The molecule has 0 aliphatic rings. The Morgan fingerprint density at radius 3 is 2.39 bits per heavy atom. The summed E-state index contributed by atoms with van der Waals surface area (Å²) in [6.45, 7) is 5.03. The van der Waals surface area contributed by atoms with Gasteiger partial charge < -0.3 is 9.64 Å². The molecule has 0 aliphatic carbocycles. The van der Waals surface area contributed by atoms with Crippen molar-refractivity contribution in [1.29, 1.82) is 0 Å². The molecule has 2 rings (SSSR count). The van der Waals surface area contributed by atoms with Crippen molar-refractivity contribution in [3.63, 3.8) is 0 Å². The van der Waals surface area contributed by atoms with Crippen molar-refractivity contribution in [2.75, 3.05) is 18.1 Å². The molecule has 1 N–H and O–H groups in total. The van der Waals surface area contributed by atoms with Gasteiger partial charge in [0.1, 0.15) is 5.75 Å². The van der Waals surface area contributed by atoms with Gasteiger partial charge >= 0.3 is 0 Å². The number of hydrogen-bond acceptors (Lipinski definition) is 3. The van der Waals surface area contributed by atoms with Crippen LogP contribution < -0.4 is 15.0 Å². The zero-order chi connectivity index (χ0) is 16.7. The minimum absolute atomic E-state index is 0.270. The van der Waals surface area contributed by atoms with Gasteiger partial charge in [0.05, 0.1) is 12.2 Å². The summed E-state index contributed by atoms with van der Waals surface area (Å²) in [6.07, 6.45) is 0. The summed E-state index contributed by atoms with van der Waals surface area (Å²) < 4.78 is 5.49. The number of carbonyl (C=O) groups excluding carboxylic acids is 1. The minimum atomic E-state index is -0.270. The number of hydrogen-bond donors (Lipinski definition) is 1. The Bertz CT molecular complexity index is 674. The molecule has 120 valence electrons. The number of anilines is 1. The standard InChI is InChI=1S/C18H20N2O2S/c1-3-20(14-10-6-5-7-11-14)18(23)19-17(21)15-12-8-9-13-16(15)22-4-2/h5-13H,3-4H2,1-2H3,(H,19,21,23). The fraction of sp³-hybridized carbons (Fsp3) is 0.222. The molecule has 2 aromatic rings. The van der Waals surface area contributed by atoms with Crippen molar-refractivity contribution >= 4 is 28.9 Å². The maximum absolute atomic E-state index is 12.5. The number of nitrogens with zero attached hydrogens (tertiary/aromatic N) is 1. The molecule has 5 heteroatoms. The van der Waals surface area contributed by atoms with E-state index >= 15 is 0 Å². The molecule has 0 spiro atoms. The zero-order valence-corrected chi connectivity index (χ0v) is 14.1. The quantitative estimate of drug-likeness (QED) is 0.851. The van der Waals surface area contributed by atoms with E-state index in [0.717, 1.165) is 5.69 Å². The summed E-state index contributed by atoms with van der Waals surface area (Å²) in [5, 5.41) is 3.15. The molecule has 0 fully saturated rings. The van der Waals surface area contributed by atoms with E-state index < -0.39 is 0 Å². The van der Waals surface area contributed by atoms with E-state index in [1.165, 1.54) is 0 Å². The first-order valence-corrected chi connectivity index (χ1v) is 7.97. The third-order valence-corrected chi connectivity index (χ3v) is 3.60. The van der Waals surface area contributed by atoms with Gasteiger partial charge in [0.2, 0.25) is 0 Å². The predicted molar refractivity (Wildman–Crippen MR) is 97.1 cm³/mol. The first-order chi connectivity index (χ1) is 11.2. The van der Waals surface area contributed by atoms with E-state index in [1.54, 1.807) is 18.2 Å². The van der Waals surface area contributed by atoms with Crippen LogP contribution in [0.1, 0.15) is 24.2 Å². The first kappa shape index (κ1) is 17.0. The Labute approximate surface area is 142 Å². The number of ether oxygens (including phenoxy) is 1. The van der Waals surface area contributed by atoms with E-state index in [2.05, 4.69) is 5.32 Å². The summed E-state index contributed by atoms with van der Waals surface area (Å²) in [5.74, 6) is 0.284. The second kappa shape index (κ2) is 8.29. The van der Waals surface area contributed by atoms with Crippen LogP contribution in [0.15, 0.2) is 54.6 Å². The molecule has 0 saturated heterocycles. The van der Waals surface area contributed by atoms with Crippen LogP contribution in [0.2, 0.25) is 0 Å². The topological polar surface area (TPSA) is 41.6 Å². The molecule has 0 aromatic heterocycles. The Kier molecular flexibility index (Phi) is 6.11. The van der Waals surface area contributed by atoms with Gasteiger partial charge in [0.25, 0.3) is 5.91 Å². The summed E-state index contributed by atoms with van der Waals surface area (Å²) >= 11 is 5.39. The molecule has 0 saturated carbocycles. The maximum atomic E-state index is 12.5. The fourth-order valence-corrected chi connectivity index (χ4v) is 2.55. The molecule has 0 unspecified atom stereocenters.